The Morgan fingerprint density at radius 1 is 0.864 bits per heavy atom. The van der Waals surface area contributed by atoms with E-state index in [0.29, 0.717) is 37.1 Å². The lowest BCUT2D eigenvalue weighted by Crippen LogP contribution is -2.45. The van der Waals surface area contributed by atoms with E-state index in [1.54, 1.807) is 29.2 Å². The summed E-state index contributed by atoms with van der Waals surface area (Å²) in [5, 5.41) is 15.3. The van der Waals surface area contributed by atoms with Crippen molar-refractivity contribution in [3.63, 3.8) is 0 Å². The molecule has 9 nitrogen and oxygen atoms in total. The van der Waals surface area contributed by atoms with Gasteiger partial charge < -0.3 is 26.4 Å². The molecule has 1 aliphatic rings. The minimum absolute atomic E-state index is 0.0775. The lowest BCUT2D eigenvalue weighted by molar-refractivity contribution is -0.142. The van der Waals surface area contributed by atoms with Crippen LogP contribution in [0.4, 0.5) is 5.69 Å². The molecule has 0 saturated carbocycles. The summed E-state index contributed by atoms with van der Waals surface area (Å²) >= 11 is 4.31. The van der Waals surface area contributed by atoms with E-state index in [0.717, 1.165) is 17.5 Å². The molecular weight excluding hydrogens is 576 g/mol. The Bertz CT molecular complexity index is 1400. The molecule has 0 spiro atoms. The number of carbonyl (C=O) groups excluding carboxylic acids is 3. The van der Waals surface area contributed by atoms with Crippen LogP contribution in [-0.4, -0.2) is 64.1 Å². The van der Waals surface area contributed by atoms with Gasteiger partial charge in [-0.2, -0.15) is 12.6 Å². The van der Waals surface area contributed by atoms with Crippen molar-refractivity contribution in [1.82, 2.24) is 10.2 Å². The van der Waals surface area contributed by atoms with Crippen LogP contribution in [0.5, 0.6) is 0 Å². The van der Waals surface area contributed by atoms with E-state index < -0.39 is 24.0 Å². The monoisotopic (exact) mass is 616 g/mol. The number of rotatable bonds is 14. The van der Waals surface area contributed by atoms with Crippen molar-refractivity contribution < 1.29 is 24.3 Å². The molecule has 3 amide bonds. The van der Waals surface area contributed by atoms with Gasteiger partial charge in [0.15, 0.2) is 0 Å². The third kappa shape index (κ3) is 9.42. The maximum Gasteiger partial charge on any atom is 0.326 e. The summed E-state index contributed by atoms with van der Waals surface area (Å²) < 4.78 is 0. The smallest absolute Gasteiger partial charge is 0.326 e. The lowest BCUT2D eigenvalue weighted by Gasteiger charge is -2.25. The molecule has 232 valence electrons. The predicted octanol–water partition coefficient (Wildman–Crippen LogP) is 3.48. The topological polar surface area (TPSA) is 142 Å². The van der Waals surface area contributed by atoms with Crippen molar-refractivity contribution in [3.8, 4) is 0 Å². The highest BCUT2D eigenvalue weighted by Gasteiger charge is 2.34. The highest BCUT2D eigenvalue weighted by atomic mass is 32.1. The van der Waals surface area contributed by atoms with Crippen LogP contribution in [0, 0.1) is 5.92 Å². The quantitative estimate of drug-likeness (QED) is 0.176. The molecule has 0 bridgehead atoms. The third-order valence-electron chi connectivity index (χ3n) is 7.85. The maximum atomic E-state index is 13.1. The van der Waals surface area contributed by atoms with E-state index in [-0.39, 0.29) is 42.4 Å². The second-order valence-electron chi connectivity index (χ2n) is 11.3. The van der Waals surface area contributed by atoms with Gasteiger partial charge in [0.1, 0.15) is 12.1 Å². The number of hydrogen-bond donors (Lipinski definition) is 5. The number of amides is 3. The zero-order valence-corrected chi connectivity index (χ0v) is 25.5. The molecule has 0 aliphatic carbocycles. The Morgan fingerprint density at radius 2 is 1.45 bits per heavy atom. The number of benzene rings is 3. The van der Waals surface area contributed by atoms with E-state index in [1.165, 1.54) is 0 Å². The van der Waals surface area contributed by atoms with Gasteiger partial charge in [-0.05, 0) is 54.5 Å². The molecule has 4 atom stereocenters. The maximum absolute atomic E-state index is 13.1. The van der Waals surface area contributed by atoms with Crippen LogP contribution >= 0.6 is 12.6 Å². The van der Waals surface area contributed by atoms with Crippen LogP contribution in [0.2, 0.25) is 0 Å². The molecule has 1 saturated heterocycles. The van der Waals surface area contributed by atoms with Gasteiger partial charge in [-0.3, -0.25) is 14.4 Å². The van der Waals surface area contributed by atoms with Gasteiger partial charge in [0, 0.05) is 36.9 Å². The minimum atomic E-state index is -1.14. The van der Waals surface area contributed by atoms with Crippen molar-refractivity contribution in [2.45, 2.75) is 56.7 Å². The Balaban J connectivity index is 1.30. The average Bonchev–Trinajstić information content (AvgIpc) is 3.52. The summed E-state index contributed by atoms with van der Waals surface area (Å²) in [6, 6.07) is 24.1. The van der Waals surface area contributed by atoms with Gasteiger partial charge in [0.2, 0.25) is 17.7 Å². The fourth-order valence-corrected chi connectivity index (χ4v) is 5.78. The number of nitrogens with zero attached hydrogens (tertiary/aromatic N) is 1. The Labute approximate surface area is 263 Å². The largest absolute Gasteiger partial charge is 0.480 e. The predicted molar refractivity (Wildman–Crippen MR) is 173 cm³/mol. The first-order valence-electron chi connectivity index (χ1n) is 14.9. The molecule has 1 aliphatic heterocycles. The van der Waals surface area contributed by atoms with Crippen LogP contribution in [0.15, 0.2) is 84.9 Å². The molecule has 44 heavy (non-hydrogen) atoms. The average molecular weight is 617 g/mol. The number of likely N-dealkylation sites (tertiary alicyclic amines) is 1. The van der Waals surface area contributed by atoms with E-state index in [4.69, 9.17) is 5.73 Å². The van der Waals surface area contributed by atoms with Crippen LogP contribution in [0.25, 0.3) is 0 Å². The van der Waals surface area contributed by atoms with Gasteiger partial charge in [0.05, 0.1) is 5.92 Å². The Hall–Kier alpha value is -4.15. The fourth-order valence-electron chi connectivity index (χ4n) is 5.48. The molecule has 10 heteroatoms. The highest BCUT2D eigenvalue weighted by molar-refractivity contribution is 7.80. The molecular formula is C34H40N4O5S. The summed E-state index contributed by atoms with van der Waals surface area (Å²) in [6.45, 7) is 0.510. The number of anilines is 1. The van der Waals surface area contributed by atoms with Gasteiger partial charge >= 0.3 is 5.97 Å². The molecule has 0 aromatic heterocycles. The van der Waals surface area contributed by atoms with E-state index >= 15 is 0 Å². The number of nitrogens with two attached hydrogens (primary N) is 1. The van der Waals surface area contributed by atoms with E-state index in [9.17, 15) is 24.3 Å². The number of thiol groups is 1. The number of carbonyl (C=O) groups is 4. The molecule has 3 aromatic carbocycles. The fraction of sp³-hybridized carbons (Fsp3) is 0.353. The number of carboxylic acids is 1. The second kappa shape index (κ2) is 16.1. The van der Waals surface area contributed by atoms with Gasteiger partial charge in [-0.15, -0.1) is 0 Å². The van der Waals surface area contributed by atoms with Crippen LogP contribution < -0.4 is 16.4 Å². The van der Waals surface area contributed by atoms with Crippen LogP contribution in [0.1, 0.15) is 36.0 Å². The number of carboxylic acid groups (broad SMARTS) is 1. The Morgan fingerprint density at radius 3 is 2.05 bits per heavy atom. The van der Waals surface area contributed by atoms with Gasteiger partial charge in [0.25, 0.3) is 0 Å². The summed E-state index contributed by atoms with van der Waals surface area (Å²) in [7, 11) is 0. The molecule has 1 fully saturated rings. The first-order valence-corrected chi connectivity index (χ1v) is 15.5. The molecule has 4 rings (SSSR count). The minimum Gasteiger partial charge on any atom is -0.480 e. The third-order valence-corrected chi connectivity index (χ3v) is 8.29. The van der Waals surface area contributed by atoms with E-state index in [1.807, 2.05) is 60.7 Å². The standard InChI is InChI=1S/C34H40N4O5S/c35-27(19-24-10-5-2-6-11-24)21-31(39)38-17-7-12-30(38)33(41)36-28-15-13-25(14-16-28)20-29(34(42)43)37-32(40)26(22-44)18-23-8-3-1-4-9-23/h1-6,8-11,13-16,26-27,29-30,44H,7,12,17-22,35H2,(H,36,41)(H,37,40)(H,42,43)/t26?,27?,29-,30?/m0/s1. The van der Waals surface area contributed by atoms with Crippen molar-refractivity contribution in [3.05, 3.63) is 102 Å². The summed E-state index contributed by atoms with van der Waals surface area (Å²) in [5.41, 5.74) is 9.51. The molecule has 3 unspecified atom stereocenters. The van der Waals surface area contributed by atoms with Gasteiger partial charge in [-0.25, -0.2) is 4.79 Å². The lowest BCUT2D eigenvalue weighted by atomic mass is 9.99. The highest BCUT2D eigenvalue weighted by Crippen LogP contribution is 2.22. The van der Waals surface area contributed by atoms with E-state index in [2.05, 4.69) is 23.3 Å². The molecule has 3 aromatic rings. The SMILES string of the molecule is NC(CC(=O)N1CCCC1C(=O)Nc1ccc(C[C@H](NC(=O)C(CS)Cc2ccccc2)C(=O)O)cc1)Cc1ccccc1. The van der Waals surface area contributed by atoms with Crippen molar-refractivity contribution in [1.29, 1.82) is 0 Å². The van der Waals surface area contributed by atoms with Crippen molar-refractivity contribution >= 4 is 42.0 Å². The molecule has 5 N–H and O–H groups in total. The summed E-state index contributed by atoms with van der Waals surface area (Å²) in [6.07, 6.45) is 2.59. The summed E-state index contributed by atoms with van der Waals surface area (Å²) in [5.74, 6) is -2.09. The van der Waals surface area contributed by atoms with Crippen molar-refractivity contribution in [2.24, 2.45) is 11.7 Å². The zero-order chi connectivity index (χ0) is 31.5. The number of nitrogens with one attached hydrogen (secondary N) is 2. The number of aliphatic carboxylic acids is 1. The number of hydrogen-bond acceptors (Lipinski definition) is 6. The summed E-state index contributed by atoms with van der Waals surface area (Å²) in [4.78, 5) is 52.7. The normalized spacial score (nSPS) is 16.5. The van der Waals surface area contributed by atoms with Crippen LogP contribution in [-0.2, 0) is 38.4 Å². The first-order chi connectivity index (χ1) is 21.2. The molecule has 0 radical (unpaired) electrons. The Kier molecular flexibility index (Phi) is 12.0. The van der Waals surface area contributed by atoms with Gasteiger partial charge in [-0.1, -0.05) is 72.8 Å². The first kappa shape index (κ1) is 32.8. The van der Waals surface area contributed by atoms with Crippen molar-refractivity contribution in [2.75, 3.05) is 17.6 Å². The molecule has 1 heterocycles. The van der Waals surface area contributed by atoms with Crippen LogP contribution in [0.3, 0.4) is 0 Å². The second-order valence-corrected chi connectivity index (χ2v) is 11.6. The zero-order valence-electron chi connectivity index (χ0n) is 24.6.